The van der Waals surface area contributed by atoms with E-state index in [0.717, 1.165) is 42.6 Å². The van der Waals surface area contributed by atoms with Gasteiger partial charge in [0.15, 0.2) is 0 Å². The van der Waals surface area contributed by atoms with E-state index >= 15 is 4.79 Å². The number of nitrogens with one attached hydrogen (secondary N) is 3. The quantitative estimate of drug-likeness (QED) is 0.0992. The van der Waals surface area contributed by atoms with E-state index in [1.165, 1.54) is 37.6 Å². The van der Waals surface area contributed by atoms with Crippen molar-refractivity contribution >= 4 is 29.3 Å². The number of hydrogen-bond donors (Lipinski definition) is 5. The van der Waals surface area contributed by atoms with Gasteiger partial charge in [-0.3, -0.25) is 34.2 Å². The number of fused-ring (bicyclic) bond motifs is 1. The molecule has 2 aliphatic rings. The van der Waals surface area contributed by atoms with Gasteiger partial charge in [0.25, 0.3) is 5.69 Å². The molecule has 2 aromatic carbocycles. The first kappa shape index (κ1) is 41.0. The molecular formula is C40H53N7O8. The lowest BCUT2D eigenvalue weighted by Crippen LogP contribution is -2.70. The van der Waals surface area contributed by atoms with Crippen molar-refractivity contribution in [3.63, 3.8) is 0 Å². The van der Waals surface area contributed by atoms with Gasteiger partial charge in [-0.2, -0.15) is 0 Å². The second-order valence-electron chi connectivity index (χ2n) is 15.3. The number of hydrogen-bond acceptors (Lipinski definition) is 10. The summed E-state index contributed by atoms with van der Waals surface area (Å²) in [5, 5.41) is 29.6. The molecule has 3 unspecified atom stereocenters. The minimum absolute atomic E-state index is 0.0446. The van der Waals surface area contributed by atoms with Crippen LogP contribution >= 0.6 is 0 Å². The van der Waals surface area contributed by atoms with Crippen LogP contribution in [0.1, 0.15) is 88.5 Å². The Morgan fingerprint density at radius 3 is 2.49 bits per heavy atom. The van der Waals surface area contributed by atoms with Crippen LogP contribution in [-0.2, 0) is 32.0 Å². The summed E-state index contributed by atoms with van der Waals surface area (Å²) < 4.78 is 6.05. The molecule has 296 valence electrons. The van der Waals surface area contributed by atoms with Gasteiger partial charge < -0.3 is 31.2 Å². The van der Waals surface area contributed by atoms with E-state index in [1.54, 1.807) is 24.3 Å². The Morgan fingerprint density at radius 2 is 1.85 bits per heavy atom. The Kier molecular flexibility index (Phi) is 13.8. The monoisotopic (exact) mass is 759 g/mol. The number of carbonyl (C=O) groups is 4. The summed E-state index contributed by atoms with van der Waals surface area (Å²) in [6, 6.07) is 10.8. The molecule has 55 heavy (non-hydrogen) atoms. The molecule has 0 bridgehead atoms. The Balaban J connectivity index is 1.65. The molecule has 15 heteroatoms. The van der Waals surface area contributed by atoms with Gasteiger partial charge in [-0.05, 0) is 36.3 Å². The van der Waals surface area contributed by atoms with Crippen LogP contribution in [0.2, 0.25) is 0 Å². The van der Waals surface area contributed by atoms with Crippen molar-refractivity contribution in [2.75, 3.05) is 13.2 Å². The summed E-state index contributed by atoms with van der Waals surface area (Å²) in [4.78, 5) is 76.8. The first-order valence-corrected chi connectivity index (χ1v) is 19.1. The minimum Gasteiger partial charge on any atom is -0.493 e. The van der Waals surface area contributed by atoms with Crippen LogP contribution in [0.5, 0.6) is 5.75 Å². The molecule has 1 saturated carbocycles. The number of benzene rings is 2. The summed E-state index contributed by atoms with van der Waals surface area (Å²) in [6.45, 7) is 5.26. The van der Waals surface area contributed by atoms with Gasteiger partial charge in [0.05, 0.1) is 48.4 Å². The van der Waals surface area contributed by atoms with Crippen molar-refractivity contribution in [1.29, 1.82) is 0 Å². The smallest absolute Gasteiger partial charge is 0.269 e. The summed E-state index contributed by atoms with van der Waals surface area (Å²) in [6.07, 6.45) is 6.12. The Bertz CT molecular complexity index is 1800. The highest BCUT2D eigenvalue weighted by Crippen LogP contribution is 2.47. The van der Waals surface area contributed by atoms with E-state index in [4.69, 9.17) is 10.5 Å². The number of nitro groups is 1. The zero-order valence-electron chi connectivity index (χ0n) is 31.7. The van der Waals surface area contributed by atoms with Crippen LogP contribution in [0.3, 0.4) is 0 Å². The number of rotatable bonds is 17. The number of aromatic nitrogens is 2. The molecule has 5 rings (SSSR count). The largest absolute Gasteiger partial charge is 0.493 e. The maximum absolute atomic E-state index is 15.6. The second-order valence-corrected chi connectivity index (χ2v) is 15.3. The lowest BCUT2D eigenvalue weighted by molar-refractivity contribution is -0.384. The normalized spacial score (nSPS) is 18.3. The Hall–Kier alpha value is -5.15. The number of nitrogens with two attached hydrogens (primary N) is 1. The van der Waals surface area contributed by atoms with E-state index in [0.29, 0.717) is 18.7 Å². The van der Waals surface area contributed by atoms with E-state index in [9.17, 15) is 29.6 Å². The van der Waals surface area contributed by atoms with Gasteiger partial charge in [-0.25, -0.2) is 4.98 Å². The van der Waals surface area contributed by atoms with Crippen molar-refractivity contribution in [2.45, 2.75) is 108 Å². The molecule has 3 aromatic rings. The molecule has 0 spiro atoms. The van der Waals surface area contributed by atoms with Gasteiger partial charge in [-0.1, -0.05) is 76.3 Å². The average molecular weight is 760 g/mol. The number of ether oxygens (including phenoxy) is 1. The number of carbonyl (C=O) groups excluding carboxylic acids is 4. The molecule has 4 amide bonds. The zero-order valence-corrected chi connectivity index (χ0v) is 31.7. The van der Waals surface area contributed by atoms with E-state index < -0.39 is 52.3 Å². The van der Waals surface area contributed by atoms with Gasteiger partial charge in [0, 0.05) is 49.5 Å². The van der Waals surface area contributed by atoms with Crippen molar-refractivity contribution in [2.24, 2.45) is 17.6 Å². The number of imidazole rings is 1. The molecule has 1 aliphatic carbocycles. The van der Waals surface area contributed by atoms with Crippen LogP contribution in [0.25, 0.3) is 0 Å². The molecule has 2 heterocycles. The minimum atomic E-state index is -2.16. The summed E-state index contributed by atoms with van der Waals surface area (Å²) in [5.41, 5.74) is 5.51. The second kappa shape index (κ2) is 18.5. The number of amides is 4. The van der Waals surface area contributed by atoms with Crippen LogP contribution in [0, 0.1) is 22.0 Å². The summed E-state index contributed by atoms with van der Waals surface area (Å²) in [7, 11) is 0. The van der Waals surface area contributed by atoms with E-state index in [-0.39, 0.29) is 60.6 Å². The van der Waals surface area contributed by atoms with E-state index in [2.05, 4.69) is 20.6 Å². The highest BCUT2D eigenvalue weighted by atomic mass is 16.6. The number of aliphatic hydroxyl groups is 1. The molecule has 1 aliphatic heterocycles. The summed E-state index contributed by atoms with van der Waals surface area (Å²) in [5.74, 6) is -3.40. The number of nitrogens with zero attached hydrogens (tertiary/aromatic N) is 3. The maximum atomic E-state index is 15.6. The first-order valence-electron chi connectivity index (χ1n) is 19.1. The Labute approximate surface area is 320 Å². The fraction of sp³-hybridized carbons (Fsp3) is 0.525. The highest BCUT2D eigenvalue weighted by Gasteiger charge is 2.58. The maximum Gasteiger partial charge on any atom is 0.269 e. The predicted molar refractivity (Wildman–Crippen MR) is 204 cm³/mol. The van der Waals surface area contributed by atoms with Crippen molar-refractivity contribution < 1.29 is 33.9 Å². The van der Waals surface area contributed by atoms with Crippen molar-refractivity contribution in [3.05, 3.63) is 88.0 Å². The first-order chi connectivity index (χ1) is 26.3. The number of imide groups is 1. The fourth-order valence-corrected chi connectivity index (χ4v) is 7.94. The lowest BCUT2D eigenvalue weighted by atomic mass is 9.73. The number of nitro benzene ring substituents is 1. The van der Waals surface area contributed by atoms with Crippen molar-refractivity contribution in [1.82, 2.24) is 25.5 Å². The lowest BCUT2D eigenvalue weighted by Gasteiger charge is -2.46. The highest BCUT2D eigenvalue weighted by molar-refractivity contribution is 6.04. The van der Waals surface area contributed by atoms with Gasteiger partial charge >= 0.3 is 0 Å². The molecule has 1 aromatic heterocycles. The van der Waals surface area contributed by atoms with Gasteiger partial charge in [0.1, 0.15) is 11.3 Å². The summed E-state index contributed by atoms with van der Waals surface area (Å²) >= 11 is 0. The molecule has 1 fully saturated rings. The molecule has 0 saturated heterocycles. The van der Waals surface area contributed by atoms with Crippen LogP contribution in [0.4, 0.5) is 5.69 Å². The van der Waals surface area contributed by atoms with Gasteiger partial charge in [0.2, 0.25) is 23.6 Å². The predicted octanol–water partition coefficient (Wildman–Crippen LogP) is 3.70. The number of H-pyrrole nitrogens is 1. The van der Waals surface area contributed by atoms with Crippen LogP contribution < -0.4 is 21.1 Å². The SMILES string of the molecule is CC(=O)N(C(=O)C(N)Cc1ccccc1)[C@](Cc1cnc[nH]1)(C(=O)N[C@@H](CC1CCCCC1)C(O)CC(=O)NCC(C)C)C1COc2ccc([N+](=O)[O-])cc21. The third-order valence-corrected chi connectivity index (χ3v) is 10.7. The topological polar surface area (TPSA) is 223 Å². The average Bonchev–Trinajstić information content (AvgIpc) is 3.84. The molecule has 15 nitrogen and oxygen atoms in total. The standard InChI is InChI=1S/C40H53N7O8/c1-25(2)21-43-37(50)19-35(49)34(17-28-12-8-5-9-13-28)45-39(52)40(20-29-22-42-24-44-29,32-23-55-36-15-14-30(47(53)54)18-31(32)36)46(26(3)48)38(51)33(41)16-27-10-6-4-7-11-27/h4,6-7,10-11,14-15,18,22,24-25,28,32-35,49H,5,8-9,12-13,16-17,19-21,23,41H2,1-3H3,(H,42,44)(H,43,50)(H,45,52)/t32?,33?,34-,35?,40-/m0/s1. The van der Waals surface area contributed by atoms with Crippen molar-refractivity contribution in [3.8, 4) is 5.75 Å². The fourth-order valence-electron chi connectivity index (χ4n) is 7.94. The van der Waals surface area contributed by atoms with Gasteiger partial charge in [-0.15, -0.1) is 0 Å². The number of aromatic amines is 1. The molecule has 6 N–H and O–H groups in total. The Morgan fingerprint density at radius 1 is 1.13 bits per heavy atom. The third kappa shape index (κ3) is 9.94. The number of non-ortho nitro benzene ring substituents is 1. The molecule has 5 atom stereocenters. The van der Waals surface area contributed by atoms with Crippen LogP contribution in [0.15, 0.2) is 61.1 Å². The van der Waals surface area contributed by atoms with E-state index in [1.807, 2.05) is 19.9 Å². The number of aliphatic hydroxyl groups excluding tert-OH is 1. The third-order valence-electron chi connectivity index (χ3n) is 10.7. The van der Waals surface area contributed by atoms with Crippen LogP contribution in [-0.4, -0.2) is 85.4 Å². The zero-order chi connectivity index (χ0) is 39.7. The molecular weight excluding hydrogens is 706 g/mol. The molecule has 0 radical (unpaired) electrons.